The van der Waals surface area contributed by atoms with Crippen molar-refractivity contribution in [2.45, 2.75) is 6.92 Å². The van der Waals surface area contributed by atoms with Gasteiger partial charge in [0, 0.05) is 19.0 Å². The Morgan fingerprint density at radius 1 is 1.63 bits per heavy atom. The minimum atomic E-state index is -0.828. The smallest absolute Gasteiger partial charge is 0.306 e. The van der Waals surface area contributed by atoms with Gasteiger partial charge < -0.3 is 10.0 Å². The van der Waals surface area contributed by atoms with E-state index in [4.69, 9.17) is 10.4 Å². The molecule has 1 aliphatic heterocycles. The summed E-state index contributed by atoms with van der Waals surface area (Å²) in [5.41, 5.74) is 0.650. The van der Waals surface area contributed by atoms with Gasteiger partial charge in [-0.15, -0.1) is 0 Å². The fraction of sp³-hybridized carbons (Fsp3) is 0.385. The van der Waals surface area contributed by atoms with Crippen molar-refractivity contribution in [3.63, 3.8) is 0 Å². The van der Waals surface area contributed by atoms with Gasteiger partial charge in [-0.1, -0.05) is 6.92 Å². The van der Waals surface area contributed by atoms with Gasteiger partial charge in [0.2, 0.25) is 0 Å². The largest absolute Gasteiger partial charge is 0.481 e. The van der Waals surface area contributed by atoms with Crippen molar-refractivity contribution in [2.24, 2.45) is 11.8 Å². The number of hydrogen-bond acceptors (Lipinski definition) is 3. The highest BCUT2D eigenvalue weighted by Crippen LogP contribution is 2.35. The quantitative estimate of drug-likeness (QED) is 0.927. The Kier molecular flexibility index (Phi) is 3.76. The molecule has 0 saturated carbocycles. The third-order valence-corrected chi connectivity index (χ3v) is 4.30. The Morgan fingerprint density at radius 2 is 2.26 bits per heavy atom. The van der Waals surface area contributed by atoms with Gasteiger partial charge in [0.25, 0.3) is 0 Å². The summed E-state index contributed by atoms with van der Waals surface area (Å²) in [4.78, 5) is 12.6. The molecule has 1 N–H and O–H groups in total. The number of nitrogens with zero attached hydrogens (tertiary/aromatic N) is 2. The molecule has 0 bridgehead atoms. The zero-order valence-corrected chi connectivity index (χ0v) is 11.8. The Hall–Kier alpha value is -1.61. The van der Waals surface area contributed by atoms with Crippen LogP contribution < -0.4 is 4.90 Å². The molecule has 4 nitrogen and oxygen atoms in total. The zero-order chi connectivity index (χ0) is 14.2. The normalized spacial score (nSPS) is 16.6. The first-order chi connectivity index (χ1) is 8.95. The average molecular weight is 327 g/mol. The summed E-state index contributed by atoms with van der Waals surface area (Å²) in [7, 11) is 0. The molecule has 100 valence electrons. The Labute approximate surface area is 118 Å². The Balaban J connectivity index is 2.13. The van der Waals surface area contributed by atoms with Crippen LogP contribution in [0.4, 0.5) is 10.1 Å². The molecular weight excluding hydrogens is 315 g/mol. The third kappa shape index (κ3) is 2.43. The molecule has 1 aromatic carbocycles. The van der Waals surface area contributed by atoms with Gasteiger partial charge in [0.15, 0.2) is 5.82 Å². The average Bonchev–Trinajstić information content (AvgIpc) is 2.32. The molecule has 1 unspecified atom stereocenters. The van der Waals surface area contributed by atoms with E-state index in [9.17, 15) is 9.18 Å². The maximum atomic E-state index is 14.1. The number of carboxylic acid groups (broad SMARTS) is 1. The molecule has 0 aliphatic carbocycles. The second-order valence-electron chi connectivity index (χ2n) is 4.66. The number of hydrogen-bond donors (Lipinski definition) is 1. The van der Waals surface area contributed by atoms with E-state index in [2.05, 4.69) is 15.9 Å². The van der Waals surface area contributed by atoms with E-state index in [1.165, 1.54) is 0 Å². The molecule has 0 aromatic heterocycles. The maximum absolute atomic E-state index is 14.1. The van der Waals surface area contributed by atoms with Crippen molar-refractivity contribution in [3.05, 3.63) is 28.0 Å². The van der Waals surface area contributed by atoms with Gasteiger partial charge in [-0.05, 0) is 28.1 Å². The molecule has 6 heteroatoms. The highest BCUT2D eigenvalue weighted by Gasteiger charge is 2.36. The van der Waals surface area contributed by atoms with Gasteiger partial charge >= 0.3 is 5.97 Å². The van der Waals surface area contributed by atoms with Gasteiger partial charge in [0.1, 0.15) is 6.07 Å². The molecule has 1 aliphatic rings. The molecule has 19 heavy (non-hydrogen) atoms. The van der Waals surface area contributed by atoms with Crippen LogP contribution in [-0.2, 0) is 4.79 Å². The number of benzene rings is 1. The van der Waals surface area contributed by atoms with E-state index < -0.39 is 17.7 Å². The van der Waals surface area contributed by atoms with E-state index in [1.807, 2.05) is 6.07 Å². The van der Waals surface area contributed by atoms with Crippen LogP contribution in [0.15, 0.2) is 16.6 Å². The standard InChI is InChI=1S/C13H12BrFN2O2/c1-7(13(18)19)9-5-17(6-9)10-3-2-8(4-16)11(14)12(10)15/h2-3,7,9H,5-6H2,1H3,(H,18,19). The Morgan fingerprint density at radius 3 is 2.79 bits per heavy atom. The number of nitriles is 1. The number of anilines is 1. The third-order valence-electron chi connectivity index (χ3n) is 3.53. The summed E-state index contributed by atoms with van der Waals surface area (Å²) in [5, 5.41) is 17.7. The number of aliphatic carboxylic acids is 1. The second-order valence-corrected chi connectivity index (χ2v) is 5.46. The monoisotopic (exact) mass is 326 g/mol. The summed E-state index contributed by atoms with van der Waals surface area (Å²) < 4.78 is 14.2. The molecule has 1 aromatic rings. The summed E-state index contributed by atoms with van der Waals surface area (Å²) in [6.45, 7) is 2.70. The molecular formula is C13H12BrFN2O2. The lowest BCUT2D eigenvalue weighted by atomic mass is 9.86. The van der Waals surface area contributed by atoms with Crippen molar-refractivity contribution in [1.29, 1.82) is 5.26 Å². The first-order valence-electron chi connectivity index (χ1n) is 5.81. The van der Waals surface area contributed by atoms with E-state index in [-0.39, 0.29) is 16.0 Å². The summed E-state index contributed by atoms with van der Waals surface area (Å²) >= 11 is 3.06. The van der Waals surface area contributed by atoms with Crippen LogP contribution >= 0.6 is 15.9 Å². The van der Waals surface area contributed by atoms with Crippen molar-refractivity contribution < 1.29 is 14.3 Å². The number of carboxylic acids is 1. The van der Waals surface area contributed by atoms with Crippen LogP contribution in [-0.4, -0.2) is 24.2 Å². The van der Waals surface area contributed by atoms with Crippen molar-refractivity contribution in [1.82, 2.24) is 0 Å². The second kappa shape index (κ2) is 5.17. The van der Waals surface area contributed by atoms with Crippen LogP contribution in [0.1, 0.15) is 12.5 Å². The lowest BCUT2D eigenvalue weighted by Crippen LogP contribution is -2.51. The first-order valence-corrected chi connectivity index (χ1v) is 6.60. The van der Waals surface area contributed by atoms with Crippen molar-refractivity contribution >= 4 is 27.6 Å². The number of carbonyl (C=O) groups is 1. The van der Waals surface area contributed by atoms with Crippen LogP contribution in [0, 0.1) is 29.0 Å². The van der Waals surface area contributed by atoms with E-state index >= 15 is 0 Å². The van der Waals surface area contributed by atoms with Gasteiger partial charge in [0.05, 0.1) is 21.6 Å². The molecule has 1 heterocycles. The Bertz CT molecular complexity index is 564. The highest BCUT2D eigenvalue weighted by atomic mass is 79.9. The zero-order valence-electron chi connectivity index (χ0n) is 10.2. The molecule has 0 spiro atoms. The van der Waals surface area contributed by atoms with E-state index in [0.29, 0.717) is 18.8 Å². The fourth-order valence-corrected chi connectivity index (χ4v) is 2.52. The molecule has 0 radical (unpaired) electrons. The van der Waals surface area contributed by atoms with Gasteiger partial charge in [-0.25, -0.2) is 4.39 Å². The minimum Gasteiger partial charge on any atom is -0.481 e. The van der Waals surface area contributed by atoms with Gasteiger partial charge in [-0.3, -0.25) is 4.79 Å². The van der Waals surface area contributed by atoms with Crippen LogP contribution in [0.2, 0.25) is 0 Å². The van der Waals surface area contributed by atoms with Crippen LogP contribution in [0.25, 0.3) is 0 Å². The minimum absolute atomic E-state index is 0.0336. The summed E-state index contributed by atoms with van der Waals surface area (Å²) in [6, 6.07) is 5.00. The first kappa shape index (κ1) is 13.8. The SMILES string of the molecule is CC(C(=O)O)C1CN(c2ccc(C#N)c(Br)c2F)C1. The number of rotatable bonds is 3. The number of halogens is 2. The van der Waals surface area contributed by atoms with E-state index in [1.54, 1.807) is 24.0 Å². The lowest BCUT2D eigenvalue weighted by Gasteiger charge is -2.43. The predicted octanol–water partition coefficient (Wildman–Crippen LogP) is 2.62. The molecule has 1 saturated heterocycles. The topological polar surface area (TPSA) is 64.3 Å². The van der Waals surface area contributed by atoms with Gasteiger partial charge in [-0.2, -0.15) is 5.26 Å². The molecule has 1 atom stereocenters. The highest BCUT2D eigenvalue weighted by molar-refractivity contribution is 9.10. The van der Waals surface area contributed by atoms with Crippen LogP contribution in [0.3, 0.4) is 0 Å². The molecule has 2 rings (SSSR count). The van der Waals surface area contributed by atoms with Crippen LogP contribution in [0.5, 0.6) is 0 Å². The van der Waals surface area contributed by atoms with Crippen molar-refractivity contribution in [2.75, 3.05) is 18.0 Å². The van der Waals surface area contributed by atoms with Crippen molar-refractivity contribution in [3.8, 4) is 6.07 Å². The predicted molar refractivity (Wildman–Crippen MR) is 71.3 cm³/mol. The summed E-state index contributed by atoms with van der Waals surface area (Å²) in [5.74, 6) is -1.70. The molecule has 1 fully saturated rings. The summed E-state index contributed by atoms with van der Waals surface area (Å²) in [6.07, 6.45) is 0. The fourth-order valence-electron chi connectivity index (χ4n) is 2.10. The maximum Gasteiger partial charge on any atom is 0.306 e. The molecule has 0 amide bonds. The lowest BCUT2D eigenvalue weighted by molar-refractivity contribution is -0.143. The van der Waals surface area contributed by atoms with E-state index in [0.717, 1.165) is 0 Å².